The molecule has 0 amide bonds. The van der Waals surface area contributed by atoms with Gasteiger partial charge < -0.3 is 158 Å². The zero-order valence-corrected chi connectivity index (χ0v) is 42.0. The second kappa shape index (κ2) is 28.9. The molecule has 6 rings (SSSR count). The SMILES string of the molecule is CC(=O)CCCO[C@@H]1OC(CO[C@H]2OC(CO[C@H]3OC(CO)[C@@H](O)[C@H](O)C3O[C@@H]3OC(COO)[C@@H](O)[C@H](O)C3O)[C@@H](O)[C@H](O)C2O)[C@@H](O)[C@H](O[C@@H]2OC(CO)[C@@H](O)[C@H](O)C2O[C@H]2OC(COP(=O)(O)O)[C@@H](O)[C@H](O)C2O)C1O. The fraction of sp³-hybridized carbons (Fsp3) is 0.976. The number of phosphoric acid groups is 1. The summed E-state index contributed by atoms with van der Waals surface area (Å²) in [6.45, 7) is -4.54. The number of rotatable bonds is 24. The normalized spacial score (nSPS) is 47.7. The predicted octanol–water partition coefficient (Wildman–Crippen LogP) is -12.1. The van der Waals surface area contributed by atoms with Gasteiger partial charge in [0.2, 0.25) is 0 Å². The monoisotopic (exact) mass is 1170 g/mol. The van der Waals surface area contributed by atoms with Crippen LogP contribution in [0.5, 0.6) is 0 Å². The van der Waals surface area contributed by atoms with Crippen molar-refractivity contribution >= 4 is 13.6 Å². The van der Waals surface area contributed by atoms with Gasteiger partial charge in [0.25, 0.3) is 0 Å². The first-order chi connectivity index (χ1) is 36.7. The number of ketones is 1. The number of carbonyl (C=O) groups excluding carboxylic acids is 1. The molecule has 37 heteroatoms. The molecule has 30 atom stereocenters. The third-order valence-corrected chi connectivity index (χ3v) is 14.1. The summed E-state index contributed by atoms with van der Waals surface area (Å²) in [5.74, 6) is -0.242. The zero-order valence-electron chi connectivity index (χ0n) is 41.1. The number of aliphatic hydroxyl groups is 17. The van der Waals surface area contributed by atoms with E-state index in [4.69, 9.17) is 62.1 Å². The first-order valence-corrected chi connectivity index (χ1v) is 25.9. The van der Waals surface area contributed by atoms with E-state index in [9.17, 15) is 106 Å². The lowest BCUT2D eigenvalue weighted by molar-refractivity contribution is -0.391. The lowest BCUT2D eigenvalue weighted by Gasteiger charge is -2.48. The van der Waals surface area contributed by atoms with Gasteiger partial charge in [-0.25, -0.2) is 9.45 Å². The summed E-state index contributed by atoms with van der Waals surface area (Å²) in [6, 6.07) is 0. The van der Waals surface area contributed by atoms with Crippen LogP contribution >= 0.6 is 7.82 Å². The molecule has 36 nitrogen and oxygen atoms in total. The lowest BCUT2D eigenvalue weighted by Crippen LogP contribution is -2.67. The highest BCUT2D eigenvalue weighted by atomic mass is 31.2. The molecule has 0 aliphatic carbocycles. The van der Waals surface area contributed by atoms with Crippen LogP contribution in [0.4, 0.5) is 0 Å². The Kier molecular flexibility index (Phi) is 24.3. The highest BCUT2D eigenvalue weighted by Crippen LogP contribution is 2.39. The largest absolute Gasteiger partial charge is 0.469 e. The van der Waals surface area contributed by atoms with Crippen molar-refractivity contribution in [3.63, 3.8) is 0 Å². The van der Waals surface area contributed by atoms with E-state index >= 15 is 0 Å². The van der Waals surface area contributed by atoms with Crippen molar-refractivity contribution in [2.45, 2.75) is 204 Å². The van der Waals surface area contributed by atoms with Gasteiger partial charge in [0.1, 0.15) is 159 Å². The van der Waals surface area contributed by atoms with E-state index in [2.05, 4.69) is 9.41 Å². The molecule has 0 saturated carbocycles. The van der Waals surface area contributed by atoms with E-state index in [1.165, 1.54) is 6.92 Å². The molecule has 6 aliphatic heterocycles. The Morgan fingerprint density at radius 1 is 0.410 bits per heavy atom. The number of aliphatic hydroxyl groups excluding tert-OH is 17. The fourth-order valence-electron chi connectivity index (χ4n) is 9.12. The summed E-state index contributed by atoms with van der Waals surface area (Å²) >= 11 is 0. The lowest BCUT2D eigenvalue weighted by atomic mass is 9.96. The molecular weight excluding hydrogens is 1100 g/mol. The number of Topliss-reactive ketones (excluding diaryl/α,β-unsaturated/α-hetero) is 1. The van der Waals surface area contributed by atoms with Gasteiger partial charge in [0.15, 0.2) is 37.7 Å². The van der Waals surface area contributed by atoms with Gasteiger partial charge in [-0.2, -0.15) is 0 Å². The van der Waals surface area contributed by atoms with Crippen molar-refractivity contribution in [3.8, 4) is 0 Å². The standard InChI is InChI=1S/C41H71O36P/c1-11(44)3-2-4-64-37-32(59)33(75-41-35(28(55)19(46)13(6-43)70-41)77-39-31(58)26(53)22(49)17(74-39)10-68-78(61,62)63)23(50)15(72-37)8-65-36-29(56)24(51)20(47)14(71-36)7-66-40-34(27(54)18(45)12(5-42)69-40)76-38-30(57)25(52)21(48)16(73-38)9-67-60/h12-43,45-60H,2-10H2,1H3,(H2,61,62,63)/t12?,13?,14?,15?,16?,17?,18-,19-,20-,21-,22-,23-,24+,25+,26+,27+,28+,29?,30?,31?,32?,33+,34?,35?,36+,37-,38+,39-,40+,41+/m1/s1. The van der Waals surface area contributed by atoms with Crippen LogP contribution in [0, 0.1) is 0 Å². The minimum atomic E-state index is -5.20. The first kappa shape index (κ1) is 65.7. The Bertz CT molecular complexity index is 1880. The topological polar surface area (TPSA) is 568 Å². The van der Waals surface area contributed by atoms with Crippen LogP contribution in [-0.2, 0) is 75.6 Å². The average molecular weight is 1170 g/mol. The summed E-state index contributed by atoms with van der Waals surface area (Å²) in [6.07, 6.45) is -58.8. The van der Waals surface area contributed by atoms with Gasteiger partial charge in [-0.05, 0) is 13.3 Å². The maximum Gasteiger partial charge on any atom is 0.469 e. The second-order valence-corrected chi connectivity index (χ2v) is 20.4. The van der Waals surface area contributed by atoms with E-state index in [0.29, 0.717) is 0 Å². The Morgan fingerprint density at radius 2 is 0.782 bits per heavy atom. The minimum absolute atomic E-state index is 0.00133. The van der Waals surface area contributed by atoms with Gasteiger partial charge in [0, 0.05) is 6.42 Å². The molecule has 0 spiro atoms. The third kappa shape index (κ3) is 15.6. The van der Waals surface area contributed by atoms with E-state index in [0.717, 1.165) is 0 Å². The molecule has 6 fully saturated rings. The Labute approximate surface area is 440 Å². The Hall–Kier alpha value is -1.46. The number of hydrogen-bond acceptors (Lipinski definition) is 34. The van der Waals surface area contributed by atoms with Crippen molar-refractivity contribution < 1.29 is 177 Å². The summed E-state index contributed by atoms with van der Waals surface area (Å²) < 4.78 is 83.7. The Balaban J connectivity index is 1.19. The molecule has 0 aromatic rings. The smallest absolute Gasteiger partial charge is 0.394 e. The van der Waals surface area contributed by atoms with Crippen LogP contribution in [-0.4, -0.2) is 338 Å². The second-order valence-electron chi connectivity index (χ2n) is 19.2. The van der Waals surface area contributed by atoms with E-state index < -0.39 is 232 Å². The van der Waals surface area contributed by atoms with Crippen molar-refractivity contribution in [1.82, 2.24) is 0 Å². The molecule has 12 unspecified atom stereocenters. The third-order valence-electron chi connectivity index (χ3n) is 13.6. The molecule has 0 radical (unpaired) electrons. The quantitative estimate of drug-likeness (QED) is 0.0185. The fourth-order valence-corrected chi connectivity index (χ4v) is 9.46. The van der Waals surface area contributed by atoms with Crippen LogP contribution in [0.1, 0.15) is 19.8 Å². The molecule has 6 saturated heterocycles. The van der Waals surface area contributed by atoms with E-state index in [1.807, 2.05) is 0 Å². The highest BCUT2D eigenvalue weighted by molar-refractivity contribution is 7.46. The maximum absolute atomic E-state index is 11.8. The molecule has 78 heavy (non-hydrogen) atoms. The number of phosphoric ester groups is 1. The number of ether oxygens (including phenoxy) is 12. The van der Waals surface area contributed by atoms with Gasteiger partial charge >= 0.3 is 7.82 Å². The van der Waals surface area contributed by atoms with Crippen LogP contribution in [0.2, 0.25) is 0 Å². The maximum atomic E-state index is 11.8. The molecule has 6 heterocycles. The summed E-state index contributed by atoms with van der Waals surface area (Å²) in [7, 11) is -5.20. The zero-order chi connectivity index (χ0) is 57.7. The van der Waals surface area contributed by atoms with Crippen molar-refractivity contribution in [2.75, 3.05) is 46.2 Å². The number of hydrogen-bond donors (Lipinski definition) is 20. The van der Waals surface area contributed by atoms with Crippen molar-refractivity contribution in [2.24, 2.45) is 0 Å². The average Bonchev–Trinajstić information content (AvgIpc) is 3.45. The Morgan fingerprint density at radius 3 is 1.26 bits per heavy atom. The first-order valence-electron chi connectivity index (χ1n) is 24.4. The van der Waals surface area contributed by atoms with Crippen molar-refractivity contribution in [1.29, 1.82) is 0 Å². The van der Waals surface area contributed by atoms with Crippen LogP contribution < -0.4 is 0 Å². The van der Waals surface area contributed by atoms with Crippen LogP contribution in [0.25, 0.3) is 0 Å². The molecule has 0 bridgehead atoms. The van der Waals surface area contributed by atoms with E-state index in [-0.39, 0.29) is 25.2 Å². The minimum Gasteiger partial charge on any atom is -0.394 e. The van der Waals surface area contributed by atoms with E-state index in [1.54, 1.807) is 0 Å². The molecule has 20 N–H and O–H groups in total. The van der Waals surface area contributed by atoms with Crippen LogP contribution in [0.3, 0.4) is 0 Å². The highest BCUT2D eigenvalue weighted by Gasteiger charge is 2.56. The van der Waals surface area contributed by atoms with Gasteiger partial charge in [0.05, 0.1) is 39.6 Å². The van der Waals surface area contributed by atoms with Crippen LogP contribution in [0.15, 0.2) is 0 Å². The summed E-state index contributed by atoms with van der Waals surface area (Å²) in [5, 5.41) is 192. The molecule has 456 valence electrons. The number of carbonyl (C=O) groups is 1. The summed E-state index contributed by atoms with van der Waals surface area (Å²) in [5.41, 5.74) is 0. The van der Waals surface area contributed by atoms with Gasteiger partial charge in [-0.3, -0.25) is 9.78 Å². The predicted molar refractivity (Wildman–Crippen MR) is 235 cm³/mol. The van der Waals surface area contributed by atoms with Gasteiger partial charge in [-0.1, -0.05) is 0 Å². The summed E-state index contributed by atoms with van der Waals surface area (Å²) in [4.78, 5) is 34.0. The molecular formula is C41H71O36P. The molecule has 6 aliphatic rings. The molecule has 0 aromatic carbocycles. The van der Waals surface area contributed by atoms with Gasteiger partial charge in [-0.15, -0.1) is 0 Å². The molecule has 0 aromatic heterocycles. The van der Waals surface area contributed by atoms with Crippen molar-refractivity contribution in [3.05, 3.63) is 0 Å².